The number of Topliss-reactive ketones (excluding diaryl/α,β-unsaturated/α-hetero) is 1. The fourth-order valence-electron chi connectivity index (χ4n) is 4.39. The summed E-state index contributed by atoms with van der Waals surface area (Å²) in [5, 5.41) is 14.9. The zero-order valence-electron chi connectivity index (χ0n) is 13.3. The molecule has 7 nitrogen and oxygen atoms in total. The minimum absolute atomic E-state index is 0.0340. The highest BCUT2D eigenvalue weighted by atomic mass is 35.5. The second-order valence-electron chi connectivity index (χ2n) is 7.21. The third kappa shape index (κ3) is 2.72. The molecule has 132 valence electrons. The Morgan fingerprint density at radius 3 is 2.56 bits per heavy atom. The molecule has 1 heterocycles. The minimum atomic E-state index is -1.04. The molecule has 3 aliphatic carbocycles. The number of carbonyl (C=O) groups is 3. The van der Waals surface area contributed by atoms with Crippen LogP contribution >= 0.6 is 11.6 Å². The number of rotatable bonds is 3. The average Bonchev–Trinajstić information content (AvgIpc) is 3.01. The Balaban J connectivity index is 1.43. The van der Waals surface area contributed by atoms with Gasteiger partial charge in [0.15, 0.2) is 11.9 Å². The lowest BCUT2D eigenvalue weighted by Gasteiger charge is -2.47. The van der Waals surface area contributed by atoms with Crippen LogP contribution in [0, 0.1) is 0 Å². The fraction of sp³-hybridized carbons (Fsp3) is 0.471. The number of nitrogens with one attached hydrogen (secondary N) is 2. The van der Waals surface area contributed by atoms with Gasteiger partial charge in [-0.3, -0.25) is 9.59 Å². The summed E-state index contributed by atoms with van der Waals surface area (Å²) >= 11 is 5.89. The third-order valence-corrected chi connectivity index (χ3v) is 5.61. The Kier molecular flexibility index (Phi) is 3.47. The van der Waals surface area contributed by atoms with Crippen molar-refractivity contribution < 1.29 is 24.2 Å². The first-order valence-corrected chi connectivity index (χ1v) is 8.50. The summed E-state index contributed by atoms with van der Waals surface area (Å²) in [7, 11) is 0. The maximum absolute atomic E-state index is 12.6. The highest BCUT2D eigenvalue weighted by Gasteiger charge is 2.62. The number of ether oxygens (including phenoxy) is 1. The molecule has 2 amide bonds. The van der Waals surface area contributed by atoms with Crippen LogP contribution in [0.15, 0.2) is 18.2 Å². The van der Waals surface area contributed by atoms with Crippen molar-refractivity contribution in [2.24, 2.45) is 0 Å². The van der Waals surface area contributed by atoms with Crippen molar-refractivity contribution in [2.45, 2.75) is 49.3 Å². The van der Waals surface area contributed by atoms with Gasteiger partial charge in [0.25, 0.3) is 5.91 Å². The van der Waals surface area contributed by atoms with Crippen LogP contribution in [0.4, 0.5) is 4.79 Å². The first-order valence-electron chi connectivity index (χ1n) is 8.12. The van der Waals surface area contributed by atoms with E-state index in [1.807, 2.05) is 0 Å². The van der Waals surface area contributed by atoms with Gasteiger partial charge in [0.05, 0.1) is 12.0 Å². The predicted molar refractivity (Wildman–Crippen MR) is 88.0 cm³/mol. The first-order chi connectivity index (χ1) is 11.8. The smallest absolute Gasteiger partial charge is 0.405 e. The molecular weight excluding hydrogens is 348 g/mol. The molecule has 0 aromatic heterocycles. The van der Waals surface area contributed by atoms with Crippen molar-refractivity contribution in [3.8, 4) is 5.75 Å². The fourth-order valence-corrected chi connectivity index (χ4v) is 4.56. The number of carboxylic acid groups (broad SMARTS) is 1. The number of carbonyl (C=O) groups excluding carboxylic acids is 2. The highest BCUT2D eigenvalue weighted by molar-refractivity contribution is 6.31. The molecule has 1 atom stereocenters. The first kappa shape index (κ1) is 16.2. The van der Waals surface area contributed by atoms with E-state index in [0.29, 0.717) is 42.0 Å². The molecule has 1 aromatic carbocycles. The molecule has 0 radical (unpaired) electrons. The highest BCUT2D eigenvalue weighted by Crippen LogP contribution is 2.55. The van der Waals surface area contributed by atoms with Crippen LogP contribution in [-0.4, -0.2) is 40.1 Å². The molecule has 1 aliphatic heterocycles. The van der Waals surface area contributed by atoms with E-state index >= 15 is 0 Å². The number of benzene rings is 1. The SMILES string of the molecule is O=C(O)NC12CCC(NC(=O)C3CC(=O)c4cc(Cl)ccc4O3)(C1)C2. The lowest BCUT2D eigenvalue weighted by atomic mass is 9.71. The molecule has 1 unspecified atom stereocenters. The van der Waals surface area contributed by atoms with Gasteiger partial charge in [-0.15, -0.1) is 0 Å². The Hall–Kier alpha value is -2.28. The summed E-state index contributed by atoms with van der Waals surface area (Å²) in [5.41, 5.74) is -0.429. The Morgan fingerprint density at radius 2 is 1.88 bits per heavy atom. The number of fused-ring (bicyclic) bond motifs is 2. The second kappa shape index (κ2) is 5.36. The van der Waals surface area contributed by atoms with Crippen LogP contribution in [0.25, 0.3) is 0 Å². The second-order valence-corrected chi connectivity index (χ2v) is 7.64. The topological polar surface area (TPSA) is 105 Å². The summed E-state index contributed by atoms with van der Waals surface area (Å²) in [6, 6.07) is 4.75. The molecule has 0 spiro atoms. The summed E-state index contributed by atoms with van der Waals surface area (Å²) < 4.78 is 5.68. The number of hydrogen-bond donors (Lipinski definition) is 3. The molecule has 25 heavy (non-hydrogen) atoms. The van der Waals surface area contributed by atoms with Gasteiger partial charge in [0.2, 0.25) is 0 Å². The summed E-state index contributed by atoms with van der Waals surface area (Å²) in [4.78, 5) is 35.7. The normalized spacial score (nSPS) is 32.2. The Labute approximate surface area is 148 Å². The number of ketones is 1. The number of halogens is 1. The van der Waals surface area contributed by atoms with Crippen molar-refractivity contribution in [1.29, 1.82) is 0 Å². The van der Waals surface area contributed by atoms with Gasteiger partial charge in [0, 0.05) is 16.1 Å². The predicted octanol–water partition coefficient (Wildman–Crippen LogP) is 2.12. The summed E-state index contributed by atoms with van der Waals surface area (Å²) in [6.45, 7) is 0. The van der Waals surface area contributed by atoms with E-state index in [4.69, 9.17) is 21.4 Å². The van der Waals surface area contributed by atoms with Crippen molar-refractivity contribution in [3.63, 3.8) is 0 Å². The molecule has 3 saturated carbocycles. The molecule has 8 heteroatoms. The minimum Gasteiger partial charge on any atom is -0.479 e. The van der Waals surface area contributed by atoms with E-state index in [1.54, 1.807) is 18.2 Å². The van der Waals surface area contributed by atoms with Crippen LogP contribution in [-0.2, 0) is 4.79 Å². The van der Waals surface area contributed by atoms with Gasteiger partial charge < -0.3 is 20.5 Å². The van der Waals surface area contributed by atoms with E-state index in [1.165, 1.54) is 0 Å². The molecule has 2 bridgehead atoms. The van der Waals surface area contributed by atoms with Gasteiger partial charge in [0.1, 0.15) is 5.75 Å². The van der Waals surface area contributed by atoms with Crippen LogP contribution in [0.3, 0.4) is 0 Å². The molecule has 0 saturated heterocycles. The molecule has 5 rings (SSSR count). The third-order valence-electron chi connectivity index (χ3n) is 5.37. The van der Waals surface area contributed by atoms with Gasteiger partial charge in [-0.1, -0.05) is 11.6 Å². The number of amides is 2. The quantitative estimate of drug-likeness (QED) is 0.762. The van der Waals surface area contributed by atoms with Crippen molar-refractivity contribution in [1.82, 2.24) is 10.6 Å². The lowest BCUT2D eigenvalue weighted by molar-refractivity contribution is -0.131. The Morgan fingerprint density at radius 1 is 1.20 bits per heavy atom. The zero-order valence-corrected chi connectivity index (χ0v) is 14.1. The average molecular weight is 365 g/mol. The van der Waals surface area contributed by atoms with Crippen molar-refractivity contribution >= 4 is 29.4 Å². The lowest BCUT2D eigenvalue weighted by Crippen LogP contribution is -2.65. The maximum Gasteiger partial charge on any atom is 0.405 e. The number of hydrogen-bond acceptors (Lipinski definition) is 4. The summed E-state index contributed by atoms with van der Waals surface area (Å²) in [5.74, 6) is -0.150. The van der Waals surface area contributed by atoms with E-state index in [0.717, 1.165) is 0 Å². The molecule has 4 aliphatic rings. The Bertz CT molecular complexity index is 787. The maximum atomic E-state index is 12.6. The van der Waals surface area contributed by atoms with Gasteiger partial charge >= 0.3 is 6.09 Å². The van der Waals surface area contributed by atoms with Crippen LogP contribution in [0.2, 0.25) is 5.02 Å². The van der Waals surface area contributed by atoms with Crippen LogP contribution in [0.5, 0.6) is 5.75 Å². The van der Waals surface area contributed by atoms with E-state index in [-0.39, 0.29) is 18.1 Å². The molecule has 3 fully saturated rings. The van der Waals surface area contributed by atoms with Crippen LogP contribution < -0.4 is 15.4 Å². The molecule has 1 aromatic rings. The van der Waals surface area contributed by atoms with Gasteiger partial charge in [-0.2, -0.15) is 0 Å². The molecule has 3 N–H and O–H groups in total. The summed E-state index contributed by atoms with van der Waals surface area (Å²) in [6.07, 6.45) is 0.609. The van der Waals surface area contributed by atoms with Crippen molar-refractivity contribution in [3.05, 3.63) is 28.8 Å². The van der Waals surface area contributed by atoms with Crippen molar-refractivity contribution in [2.75, 3.05) is 0 Å². The van der Waals surface area contributed by atoms with Gasteiger partial charge in [-0.05, 0) is 43.9 Å². The van der Waals surface area contributed by atoms with Crippen LogP contribution in [0.1, 0.15) is 42.5 Å². The zero-order chi connectivity index (χ0) is 17.8. The molecular formula is C17H17ClN2O5. The standard InChI is InChI=1S/C17H17ClN2O5/c18-9-1-2-12-10(5-9)11(21)6-13(25-12)14(22)19-16-3-4-17(7-16,8-16)20-15(23)24/h1-2,5,13,20H,3-4,6-8H2,(H,19,22)(H,23,24). The van der Waals surface area contributed by atoms with E-state index in [2.05, 4.69) is 10.6 Å². The van der Waals surface area contributed by atoms with E-state index < -0.39 is 23.3 Å². The van der Waals surface area contributed by atoms with E-state index in [9.17, 15) is 14.4 Å². The van der Waals surface area contributed by atoms with Gasteiger partial charge in [-0.25, -0.2) is 4.79 Å². The largest absolute Gasteiger partial charge is 0.479 e. The monoisotopic (exact) mass is 364 g/mol.